The molecule has 3 N–H and O–H groups in total. The largest absolute Gasteiger partial charge is 0.490 e. The van der Waals surface area contributed by atoms with Crippen LogP contribution in [0.25, 0.3) is 0 Å². The molecule has 0 unspecified atom stereocenters. The lowest BCUT2D eigenvalue weighted by atomic mass is 10.0. The fraction of sp³-hybridized carbons (Fsp3) is 0.909. The summed E-state index contributed by atoms with van der Waals surface area (Å²) in [4.78, 5) is 21.0. The third-order valence-corrected chi connectivity index (χ3v) is 5.37. The van der Waals surface area contributed by atoms with E-state index in [2.05, 4.69) is 17.6 Å². The number of carboxylic acids is 1. The molecule has 184 valence electrons. The van der Waals surface area contributed by atoms with Crippen molar-refractivity contribution in [1.82, 2.24) is 10.6 Å². The van der Waals surface area contributed by atoms with E-state index in [1.165, 1.54) is 70.6 Å². The van der Waals surface area contributed by atoms with Crippen molar-refractivity contribution >= 4 is 11.9 Å². The van der Waals surface area contributed by atoms with E-state index < -0.39 is 12.1 Å². The maximum absolute atomic E-state index is 12.1. The average Bonchev–Trinajstić information content (AvgIpc) is 3.20. The van der Waals surface area contributed by atoms with Crippen molar-refractivity contribution in [2.24, 2.45) is 5.92 Å². The van der Waals surface area contributed by atoms with Gasteiger partial charge in [-0.05, 0) is 6.42 Å². The van der Waals surface area contributed by atoms with Crippen LogP contribution in [-0.2, 0) is 14.3 Å². The first-order chi connectivity index (χ1) is 14.7. The average molecular weight is 455 g/mol. The zero-order chi connectivity index (χ0) is 23.5. The Hall–Kier alpha value is -1.35. The molecule has 0 aromatic carbocycles. The number of carboxylic acid groups (broad SMARTS) is 1. The van der Waals surface area contributed by atoms with Gasteiger partial charge in [0, 0.05) is 26.7 Å². The minimum atomic E-state index is -5.08. The SMILES string of the molecule is CCCCCCCCCCCCCCNC(=O)[C@@H]1CNC[C@@H]1OC.O=C(O)C(F)(F)F. The lowest BCUT2D eigenvalue weighted by Crippen LogP contribution is -2.38. The Kier molecular flexibility index (Phi) is 17.4. The summed E-state index contributed by atoms with van der Waals surface area (Å²) in [5.74, 6) is -2.63. The van der Waals surface area contributed by atoms with E-state index >= 15 is 0 Å². The number of nitrogens with one attached hydrogen (secondary N) is 2. The van der Waals surface area contributed by atoms with E-state index in [-0.39, 0.29) is 17.9 Å². The lowest BCUT2D eigenvalue weighted by Gasteiger charge is -2.16. The van der Waals surface area contributed by atoms with Crippen molar-refractivity contribution in [3.8, 4) is 0 Å². The van der Waals surface area contributed by atoms with Crippen LogP contribution in [0.4, 0.5) is 13.2 Å². The van der Waals surface area contributed by atoms with Crippen molar-refractivity contribution in [3.63, 3.8) is 0 Å². The van der Waals surface area contributed by atoms with Crippen LogP contribution in [0, 0.1) is 5.92 Å². The minimum absolute atomic E-state index is 0.0210. The normalized spacial score (nSPS) is 18.4. The minimum Gasteiger partial charge on any atom is -0.475 e. The topological polar surface area (TPSA) is 87.7 Å². The van der Waals surface area contributed by atoms with E-state index in [4.69, 9.17) is 14.6 Å². The van der Waals surface area contributed by atoms with Gasteiger partial charge in [0.25, 0.3) is 0 Å². The first kappa shape index (κ1) is 29.7. The zero-order valence-electron chi connectivity index (χ0n) is 19.1. The summed E-state index contributed by atoms with van der Waals surface area (Å²) in [7, 11) is 1.68. The molecule has 1 heterocycles. The molecular formula is C22H41F3N2O4. The number of unbranched alkanes of at least 4 members (excludes halogenated alkanes) is 11. The highest BCUT2D eigenvalue weighted by Crippen LogP contribution is 2.14. The van der Waals surface area contributed by atoms with E-state index in [0.29, 0.717) is 0 Å². The summed E-state index contributed by atoms with van der Waals surface area (Å²) in [6, 6.07) is 0. The number of amides is 1. The van der Waals surface area contributed by atoms with Gasteiger partial charge in [-0.15, -0.1) is 0 Å². The van der Waals surface area contributed by atoms with Gasteiger partial charge in [0.05, 0.1) is 12.0 Å². The first-order valence-corrected chi connectivity index (χ1v) is 11.5. The molecule has 2 atom stereocenters. The fourth-order valence-corrected chi connectivity index (χ4v) is 3.47. The van der Waals surface area contributed by atoms with Gasteiger partial charge in [-0.2, -0.15) is 13.2 Å². The molecule has 9 heteroatoms. The van der Waals surface area contributed by atoms with E-state index in [1.807, 2.05) is 0 Å². The second-order valence-corrected chi connectivity index (χ2v) is 8.02. The molecule has 1 amide bonds. The summed E-state index contributed by atoms with van der Waals surface area (Å²) < 4.78 is 37.1. The molecule has 0 aromatic heterocycles. The summed E-state index contributed by atoms with van der Waals surface area (Å²) in [5.41, 5.74) is 0. The highest BCUT2D eigenvalue weighted by atomic mass is 19.4. The number of hydrogen-bond donors (Lipinski definition) is 3. The molecular weight excluding hydrogens is 413 g/mol. The summed E-state index contributed by atoms with van der Waals surface area (Å²) in [6.45, 7) is 4.60. The maximum Gasteiger partial charge on any atom is 0.490 e. The highest BCUT2D eigenvalue weighted by molar-refractivity contribution is 5.79. The molecule has 0 radical (unpaired) electrons. The molecule has 0 saturated carbocycles. The molecule has 0 spiro atoms. The molecule has 0 bridgehead atoms. The number of carbonyl (C=O) groups excluding carboxylic acids is 1. The van der Waals surface area contributed by atoms with Crippen LogP contribution in [0.3, 0.4) is 0 Å². The Morgan fingerprint density at radius 2 is 1.39 bits per heavy atom. The molecule has 1 rings (SSSR count). The summed E-state index contributed by atoms with van der Waals surface area (Å²) in [6.07, 6.45) is 11.1. The number of hydrogen-bond acceptors (Lipinski definition) is 4. The quantitative estimate of drug-likeness (QED) is 0.313. The Bertz CT molecular complexity index is 476. The molecule has 31 heavy (non-hydrogen) atoms. The number of methoxy groups -OCH3 is 1. The molecule has 0 aliphatic carbocycles. The number of ether oxygens (including phenoxy) is 1. The third kappa shape index (κ3) is 16.0. The van der Waals surface area contributed by atoms with Gasteiger partial charge in [-0.1, -0.05) is 77.6 Å². The van der Waals surface area contributed by atoms with Gasteiger partial charge in [-0.3, -0.25) is 4.79 Å². The Balaban J connectivity index is 0.00000110. The Labute approximate surface area is 184 Å². The molecule has 1 fully saturated rings. The maximum atomic E-state index is 12.1. The number of carbonyl (C=O) groups is 2. The van der Waals surface area contributed by atoms with Crippen LogP contribution >= 0.6 is 0 Å². The summed E-state index contributed by atoms with van der Waals surface area (Å²) in [5, 5.41) is 13.4. The first-order valence-electron chi connectivity index (χ1n) is 11.5. The van der Waals surface area contributed by atoms with Gasteiger partial charge in [0.15, 0.2) is 0 Å². The lowest BCUT2D eigenvalue weighted by molar-refractivity contribution is -0.192. The van der Waals surface area contributed by atoms with Gasteiger partial charge in [0.1, 0.15) is 0 Å². The molecule has 6 nitrogen and oxygen atoms in total. The number of halogens is 3. The van der Waals surface area contributed by atoms with E-state index in [1.54, 1.807) is 7.11 Å². The van der Waals surface area contributed by atoms with Gasteiger partial charge in [0.2, 0.25) is 5.91 Å². The smallest absolute Gasteiger partial charge is 0.475 e. The van der Waals surface area contributed by atoms with E-state index in [0.717, 1.165) is 26.1 Å². The van der Waals surface area contributed by atoms with Crippen LogP contribution in [0.1, 0.15) is 84.0 Å². The molecule has 1 aliphatic rings. The van der Waals surface area contributed by atoms with Crippen LogP contribution in [0.15, 0.2) is 0 Å². The van der Waals surface area contributed by atoms with Crippen molar-refractivity contribution in [3.05, 3.63) is 0 Å². The van der Waals surface area contributed by atoms with Gasteiger partial charge >= 0.3 is 12.1 Å². The van der Waals surface area contributed by atoms with Crippen molar-refractivity contribution in [1.29, 1.82) is 0 Å². The van der Waals surface area contributed by atoms with Crippen LogP contribution in [-0.4, -0.2) is 56.0 Å². The predicted molar refractivity (Wildman–Crippen MR) is 115 cm³/mol. The molecule has 0 aromatic rings. The number of rotatable bonds is 15. The van der Waals surface area contributed by atoms with Crippen LogP contribution in [0.5, 0.6) is 0 Å². The van der Waals surface area contributed by atoms with Crippen molar-refractivity contribution in [2.45, 2.75) is 96.3 Å². The molecule has 1 aliphatic heterocycles. The zero-order valence-corrected chi connectivity index (χ0v) is 19.1. The Morgan fingerprint density at radius 3 is 1.81 bits per heavy atom. The highest BCUT2D eigenvalue weighted by Gasteiger charge is 2.38. The van der Waals surface area contributed by atoms with E-state index in [9.17, 15) is 18.0 Å². The van der Waals surface area contributed by atoms with Gasteiger partial charge in [-0.25, -0.2) is 4.79 Å². The third-order valence-electron chi connectivity index (χ3n) is 5.37. The van der Waals surface area contributed by atoms with Crippen molar-refractivity contribution in [2.75, 3.05) is 26.7 Å². The summed E-state index contributed by atoms with van der Waals surface area (Å²) >= 11 is 0. The monoisotopic (exact) mass is 454 g/mol. The standard InChI is InChI=1S/C20H40N2O2.C2HF3O2/c1-3-4-5-6-7-8-9-10-11-12-13-14-15-22-20(23)18-16-21-17-19(18)24-2;3-2(4,5)1(6)7/h18-19,21H,3-17H2,1-2H3,(H,22,23);(H,6,7)/t18-,19+;/m1./s1. The molecule has 1 saturated heterocycles. The number of aliphatic carboxylic acids is 1. The van der Waals surface area contributed by atoms with Gasteiger partial charge < -0.3 is 20.5 Å². The van der Waals surface area contributed by atoms with Crippen LogP contribution in [0.2, 0.25) is 0 Å². The fourth-order valence-electron chi connectivity index (χ4n) is 3.47. The van der Waals surface area contributed by atoms with Crippen LogP contribution < -0.4 is 10.6 Å². The second-order valence-electron chi connectivity index (χ2n) is 8.02. The second kappa shape index (κ2) is 18.2. The predicted octanol–water partition coefficient (Wildman–Crippen LogP) is 4.67. The van der Waals surface area contributed by atoms with Crippen molar-refractivity contribution < 1.29 is 32.6 Å². The Morgan fingerprint density at radius 1 is 0.935 bits per heavy atom. The number of alkyl halides is 3.